The summed E-state index contributed by atoms with van der Waals surface area (Å²) in [7, 11) is 0. The van der Waals surface area contributed by atoms with Crippen LogP contribution < -0.4 is 5.73 Å². The van der Waals surface area contributed by atoms with Crippen molar-refractivity contribution >= 4 is 23.5 Å². The molecule has 3 rings (SSSR count). The third kappa shape index (κ3) is 20.7. The van der Waals surface area contributed by atoms with E-state index in [-0.39, 0.29) is 22.0 Å². The molecule has 2 N–H and O–H groups in total. The fraction of sp³-hybridized carbons (Fsp3) is 0.469. The quantitative estimate of drug-likeness (QED) is 0.325. The summed E-state index contributed by atoms with van der Waals surface area (Å²) in [6, 6.07) is 16.8. The van der Waals surface area contributed by atoms with Gasteiger partial charge in [0.1, 0.15) is 23.1 Å². The van der Waals surface area contributed by atoms with E-state index < -0.39 is 6.09 Å². The van der Waals surface area contributed by atoms with Crippen molar-refractivity contribution in [3.8, 4) is 11.3 Å². The van der Waals surface area contributed by atoms with Gasteiger partial charge in [0.2, 0.25) is 0 Å². The zero-order valence-corrected chi connectivity index (χ0v) is 26.6. The van der Waals surface area contributed by atoms with Gasteiger partial charge in [-0.2, -0.15) is 0 Å². The highest BCUT2D eigenvalue weighted by molar-refractivity contribution is 6.31. The number of rotatable bonds is 5. The number of primary amides is 1. The predicted molar refractivity (Wildman–Crippen MR) is 164 cm³/mol. The molecule has 0 aliphatic rings. The molecule has 1 unspecified atom stereocenters. The van der Waals surface area contributed by atoms with Crippen LogP contribution in [0.2, 0.25) is 5.02 Å². The number of ketones is 1. The highest BCUT2D eigenvalue weighted by Crippen LogP contribution is 2.24. The molecule has 0 saturated carbocycles. The second kappa shape index (κ2) is 21.6. The second-order valence-electron chi connectivity index (χ2n) is 10.2. The van der Waals surface area contributed by atoms with Crippen molar-refractivity contribution in [1.82, 2.24) is 5.16 Å². The van der Waals surface area contributed by atoms with Crippen LogP contribution in [0.1, 0.15) is 80.1 Å². The Balaban J connectivity index is 0. The first kappa shape index (κ1) is 39.0. The molecule has 1 heterocycles. The number of halogens is 2. The fourth-order valence-electron chi connectivity index (χ4n) is 3.26. The maximum Gasteiger partial charge on any atom is 0.404 e. The van der Waals surface area contributed by atoms with Crippen molar-refractivity contribution in [2.24, 2.45) is 17.1 Å². The lowest BCUT2D eigenvalue weighted by Gasteiger charge is -2.22. The van der Waals surface area contributed by atoms with E-state index in [9.17, 15) is 14.0 Å². The molecule has 6 nitrogen and oxygen atoms in total. The molecule has 1 amide bonds. The number of nitrogens with two attached hydrogens (primary N) is 1. The molecule has 0 aliphatic carbocycles. The van der Waals surface area contributed by atoms with Crippen LogP contribution in [-0.4, -0.2) is 23.6 Å². The van der Waals surface area contributed by atoms with Gasteiger partial charge >= 0.3 is 6.09 Å². The molecule has 0 radical (unpaired) electrons. The summed E-state index contributed by atoms with van der Waals surface area (Å²) in [5.74, 6) is 1.05. The van der Waals surface area contributed by atoms with Crippen molar-refractivity contribution in [2.45, 2.75) is 82.1 Å². The molecule has 0 spiro atoms. The van der Waals surface area contributed by atoms with Gasteiger partial charge in [-0.3, -0.25) is 0 Å². The molecule has 1 aromatic heterocycles. The van der Waals surface area contributed by atoms with Gasteiger partial charge in [0.25, 0.3) is 0 Å². The first-order valence-electron chi connectivity index (χ1n) is 13.5. The molecular weight excluding hydrogens is 531 g/mol. The van der Waals surface area contributed by atoms with Gasteiger partial charge in [-0.15, -0.1) is 0 Å². The third-order valence-corrected chi connectivity index (χ3v) is 5.00. The number of ether oxygens (including phenoxy) is 1. The molecule has 2 aromatic carbocycles. The van der Waals surface area contributed by atoms with Crippen molar-refractivity contribution < 1.29 is 23.2 Å². The van der Waals surface area contributed by atoms with Crippen LogP contribution in [0.25, 0.3) is 11.3 Å². The van der Waals surface area contributed by atoms with Crippen LogP contribution in [-0.2, 0) is 16.0 Å². The number of hydrogen-bond acceptors (Lipinski definition) is 5. The Morgan fingerprint density at radius 2 is 1.62 bits per heavy atom. The number of nitrogens with zero attached hydrogens (tertiary/aromatic N) is 1. The summed E-state index contributed by atoms with van der Waals surface area (Å²) in [6.45, 7) is 19.8. The largest absolute Gasteiger partial charge is 0.449 e. The van der Waals surface area contributed by atoms with Crippen molar-refractivity contribution in [1.29, 1.82) is 0 Å². The number of Topliss-reactive ketones (excluding diaryl/α,β-unsaturated/α-hetero) is 1. The van der Waals surface area contributed by atoms with Gasteiger partial charge < -0.3 is 19.8 Å². The summed E-state index contributed by atoms with van der Waals surface area (Å²) in [5.41, 5.74) is 7.97. The molecule has 1 atom stereocenters. The minimum absolute atomic E-state index is 0.167. The Kier molecular flexibility index (Phi) is 21.0. The van der Waals surface area contributed by atoms with E-state index in [1.807, 2.05) is 77.1 Å². The van der Waals surface area contributed by atoms with E-state index in [2.05, 4.69) is 30.7 Å². The van der Waals surface area contributed by atoms with Crippen molar-refractivity contribution in [3.63, 3.8) is 0 Å². The number of hydrogen-bond donors (Lipinski definition) is 1. The Labute approximate surface area is 245 Å². The van der Waals surface area contributed by atoms with Crippen LogP contribution in [0.5, 0.6) is 0 Å². The normalized spacial score (nSPS) is 10.5. The number of benzene rings is 2. The van der Waals surface area contributed by atoms with Gasteiger partial charge in [0.15, 0.2) is 0 Å². The molecule has 0 aliphatic heterocycles. The summed E-state index contributed by atoms with van der Waals surface area (Å²) in [5, 5.41) is 4.17. The number of amides is 1. The second-order valence-corrected chi connectivity index (χ2v) is 10.5. The zero-order valence-electron chi connectivity index (χ0n) is 25.8. The average Bonchev–Trinajstić information content (AvgIpc) is 3.32. The first-order valence-corrected chi connectivity index (χ1v) is 13.8. The summed E-state index contributed by atoms with van der Waals surface area (Å²) < 4.78 is 22.3. The molecule has 0 saturated heterocycles. The number of carbonyl (C=O) groups is 2. The zero-order chi connectivity index (χ0) is 31.3. The number of aromatic nitrogens is 1. The molecule has 40 heavy (non-hydrogen) atoms. The highest BCUT2D eigenvalue weighted by atomic mass is 35.5. The van der Waals surface area contributed by atoms with Crippen LogP contribution in [0.15, 0.2) is 59.1 Å². The minimum Gasteiger partial charge on any atom is -0.449 e. The number of aryl methyl sites for hydroxylation is 2. The van der Waals surface area contributed by atoms with Crippen LogP contribution in [0.3, 0.4) is 0 Å². The van der Waals surface area contributed by atoms with E-state index in [4.69, 9.17) is 21.9 Å². The summed E-state index contributed by atoms with van der Waals surface area (Å²) >= 11 is 5.62. The molecule has 0 fully saturated rings. The van der Waals surface area contributed by atoms with E-state index in [1.165, 1.54) is 19.9 Å². The molecule has 8 heteroatoms. The van der Waals surface area contributed by atoms with E-state index >= 15 is 0 Å². The Hall–Kier alpha value is -3.19. The van der Waals surface area contributed by atoms with Gasteiger partial charge in [-0.1, -0.05) is 108 Å². The maximum atomic E-state index is 12.6. The molecule has 224 valence electrons. The SMILES string of the molecule is CC.CC(C)=O.CC(COC(N)=O)CC(C)(C)C.CCc1cccc(F)c1Cl.Cc1cc(-c2ccccc2)no1. The minimum atomic E-state index is -0.684. The summed E-state index contributed by atoms with van der Waals surface area (Å²) in [4.78, 5) is 19.7. The molecular formula is C32H48ClFN2O4. The highest BCUT2D eigenvalue weighted by Gasteiger charge is 2.15. The number of carbonyl (C=O) groups excluding carboxylic acids is 2. The van der Waals surface area contributed by atoms with Gasteiger partial charge in [0.05, 0.1) is 11.6 Å². The molecule has 3 aromatic rings. The van der Waals surface area contributed by atoms with Crippen LogP contribution in [0, 0.1) is 24.1 Å². The van der Waals surface area contributed by atoms with Crippen molar-refractivity contribution in [2.75, 3.05) is 6.61 Å². The first-order chi connectivity index (χ1) is 18.7. The summed E-state index contributed by atoms with van der Waals surface area (Å²) in [6.07, 6.45) is 1.12. The Morgan fingerprint density at radius 3 is 2.02 bits per heavy atom. The van der Waals surface area contributed by atoms with E-state index in [1.54, 1.807) is 6.07 Å². The lowest BCUT2D eigenvalue weighted by Crippen LogP contribution is -2.20. The van der Waals surface area contributed by atoms with Gasteiger partial charge in [-0.25, -0.2) is 9.18 Å². The monoisotopic (exact) mass is 578 g/mol. The van der Waals surface area contributed by atoms with Gasteiger partial charge in [-0.05, 0) is 56.6 Å². The van der Waals surface area contributed by atoms with Gasteiger partial charge in [0, 0.05) is 11.6 Å². The smallest absolute Gasteiger partial charge is 0.404 e. The topological polar surface area (TPSA) is 95.4 Å². The lowest BCUT2D eigenvalue weighted by molar-refractivity contribution is -0.115. The average molecular weight is 579 g/mol. The maximum absolute atomic E-state index is 12.6. The van der Waals surface area contributed by atoms with E-state index in [0.717, 1.165) is 35.4 Å². The predicted octanol–water partition coefficient (Wildman–Crippen LogP) is 9.47. The van der Waals surface area contributed by atoms with E-state index in [0.29, 0.717) is 12.5 Å². The fourth-order valence-corrected chi connectivity index (χ4v) is 3.52. The lowest BCUT2D eigenvalue weighted by atomic mass is 9.86. The Bertz CT molecular complexity index is 1090. The van der Waals surface area contributed by atoms with Crippen molar-refractivity contribution in [3.05, 3.63) is 76.8 Å². The van der Waals surface area contributed by atoms with Crippen LogP contribution in [0.4, 0.5) is 9.18 Å². The standard InChI is InChI=1S/C10H9NO.C9H19NO2.C8H8ClF.C3H6O.C2H6/c1-8-7-10(11-12-8)9-5-3-2-4-6-9;1-7(5-9(2,3)4)6-12-8(10)11;1-2-6-4-3-5-7(10)8(6)9;1-3(2)4;1-2/h2-7H,1H3;7H,5-6H2,1-4H3,(H2,10,11);3-5H,2H2,1H3;1-2H3;1-2H3. The third-order valence-electron chi connectivity index (χ3n) is 4.58. The Morgan fingerprint density at radius 1 is 1.07 bits per heavy atom. The van der Waals surface area contributed by atoms with Crippen LogP contribution >= 0.6 is 11.6 Å². The molecule has 0 bridgehead atoms.